The number of pyridine rings is 1. The van der Waals surface area contributed by atoms with Crippen molar-refractivity contribution in [2.45, 2.75) is 39.2 Å². The number of nitrogens with zero attached hydrogens (tertiary/aromatic N) is 4. The van der Waals surface area contributed by atoms with Gasteiger partial charge in [0.1, 0.15) is 5.82 Å². The van der Waals surface area contributed by atoms with Crippen molar-refractivity contribution >= 4 is 17.5 Å². The van der Waals surface area contributed by atoms with E-state index in [0.29, 0.717) is 5.69 Å². The molecule has 2 aromatic heterocycles. The normalized spacial score (nSPS) is 15.7. The Hall–Kier alpha value is -2.57. The summed E-state index contributed by atoms with van der Waals surface area (Å²) in [7, 11) is 1.89. The number of piperidine rings is 1. The van der Waals surface area contributed by atoms with Crippen LogP contribution in [0.4, 0.5) is 16.3 Å². The minimum atomic E-state index is -0.247. The number of urea groups is 1. The molecule has 0 spiro atoms. The van der Waals surface area contributed by atoms with Crippen molar-refractivity contribution in [3.8, 4) is 0 Å². The fourth-order valence-electron chi connectivity index (χ4n) is 3.15. The first-order valence-electron chi connectivity index (χ1n) is 8.81. The van der Waals surface area contributed by atoms with E-state index in [1.165, 1.54) is 19.3 Å². The number of carbonyl (C=O) groups is 1. The maximum absolute atomic E-state index is 12.2. The molecule has 25 heavy (non-hydrogen) atoms. The van der Waals surface area contributed by atoms with Crippen molar-refractivity contribution in [3.63, 3.8) is 0 Å². The van der Waals surface area contributed by atoms with Crippen LogP contribution in [0, 0.1) is 6.92 Å². The van der Waals surface area contributed by atoms with E-state index in [2.05, 4.69) is 25.6 Å². The number of amides is 2. The zero-order valence-corrected chi connectivity index (χ0v) is 15.1. The summed E-state index contributed by atoms with van der Waals surface area (Å²) in [5.41, 5.74) is 2.74. The van der Waals surface area contributed by atoms with Crippen LogP contribution in [-0.2, 0) is 7.05 Å². The molecule has 1 fully saturated rings. The summed E-state index contributed by atoms with van der Waals surface area (Å²) in [6.45, 7) is 6.05. The summed E-state index contributed by atoms with van der Waals surface area (Å²) in [4.78, 5) is 19.0. The van der Waals surface area contributed by atoms with Gasteiger partial charge in [-0.2, -0.15) is 5.10 Å². The molecule has 7 heteroatoms. The summed E-state index contributed by atoms with van der Waals surface area (Å²) in [5, 5.41) is 9.99. The molecule has 2 N–H and O–H groups in total. The topological polar surface area (TPSA) is 75.1 Å². The number of aryl methyl sites for hydroxylation is 1. The summed E-state index contributed by atoms with van der Waals surface area (Å²) in [6, 6.07) is 3.50. The van der Waals surface area contributed by atoms with E-state index < -0.39 is 0 Å². The van der Waals surface area contributed by atoms with Gasteiger partial charge in [-0.3, -0.25) is 4.68 Å². The molecule has 1 saturated heterocycles. The predicted molar refractivity (Wildman–Crippen MR) is 98.8 cm³/mol. The van der Waals surface area contributed by atoms with E-state index in [9.17, 15) is 4.79 Å². The van der Waals surface area contributed by atoms with E-state index in [4.69, 9.17) is 0 Å². The number of rotatable bonds is 4. The Morgan fingerprint density at radius 2 is 1.96 bits per heavy atom. The van der Waals surface area contributed by atoms with Gasteiger partial charge in [-0.05, 0) is 45.2 Å². The zero-order valence-electron chi connectivity index (χ0n) is 15.1. The Morgan fingerprint density at radius 1 is 1.20 bits per heavy atom. The molecule has 0 radical (unpaired) electrons. The lowest BCUT2D eigenvalue weighted by atomic mass is 10.1. The van der Waals surface area contributed by atoms with Crippen LogP contribution < -0.4 is 15.5 Å². The van der Waals surface area contributed by atoms with E-state index in [1.54, 1.807) is 17.1 Å². The Labute approximate surface area is 148 Å². The number of anilines is 2. The minimum absolute atomic E-state index is 0.116. The Morgan fingerprint density at radius 3 is 2.56 bits per heavy atom. The first-order valence-corrected chi connectivity index (χ1v) is 8.81. The summed E-state index contributed by atoms with van der Waals surface area (Å²) < 4.78 is 1.80. The van der Waals surface area contributed by atoms with Gasteiger partial charge in [0.15, 0.2) is 0 Å². The Kier molecular flexibility index (Phi) is 5.21. The molecule has 1 unspecified atom stereocenters. The lowest BCUT2D eigenvalue weighted by Crippen LogP contribution is -2.32. The molecule has 0 bridgehead atoms. The number of hydrogen-bond donors (Lipinski definition) is 2. The highest BCUT2D eigenvalue weighted by Crippen LogP contribution is 2.19. The number of aromatic nitrogens is 3. The average Bonchev–Trinajstić information content (AvgIpc) is 2.95. The average molecular weight is 342 g/mol. The molecule has 0 saturated carbocycles. The van der Waals surface area contributed by atoms with Gasteiger partial charge in [0.25, 0.3) is 0 Å². The molecule has 0 aromatic carbocycles. The monoisotopic (exact) mass is 342 g/mol. The van der Waals surface area contributed by atoms with Crippen LogP contribution in [-0.4, -0.2) is 33.9 Å². The molecule has 134 valence electrons. The zero-order chi connectivity index (χ0) is 17.8. The smallest absolute Gasteiger partial charge is 0.319 e. The third kappa shape index (κ3) is 4.10. The Balaban J connectivity index is 1.56. The molecule has 1 aliphatic rings. The largest absolute Gasteiger partial charge is 0.357 e. The van der Waals surface area contributed by atoms with Crippen LogP contribution in [0.5, 0.6) is 0 Å². The Bertz CT molecular complexity index is 718. The van der Waals surface area contributed by atoms with Crippen LogP contribution in [0.2, 0.25) is 0 Å². The fraction of sp³-hybridized carbons (Fsp3) is 0.500. The lowest BCUT2D eigenvalue weighted by Gasteiger charge is -2.27. The molecule has 1 atom stereocenters. The van der Waals surface area contributed by atoms with Crippen LogP contribution in [0.15, 0.2) is 24.5 Å². The van der Waals surface area contributed by atoms with Gasteiger partial charge in [0, 0.05) is 31.4 Å². The number of hydrogen-bond acceptors (Lipinski definition) is 4. The molecule has 3 rings (SSSR count). The second kappa shape index (κ2) is 7.55. The van der Waals surface area contributed by atoms with Gasteiger partial charge < -0.3 is 15.5 Å². The highest BCUT2D eigenvalue weighted by atomic mass is 16.2. The predicted octanol–water partition coefficient (Wildman–Crippen LogP) is 3.00. The molecule has 0 aliphatic carbocycles. The molecular weight excluding hydrogens is 316 g/mol. The third-order valence-corrected chi connectivity index (χ3v) is 4.77. The maximum Gasteiger partial charge on any atom is 0.319 e. The second-order valence-corrected chi connectivity index (χ2v) is 6.58. The van der Waals surface area contributed by atoms with Gasteiger partial charge in [0.2, 0.25) is 0 Å². The van der Waals surface area contributed by atoms with Gasteiger partial charge >= 0.3 is 6.03 Å². The highest BCUT2D eigenvalue weighted by molar-refractivity contribution is 5.89. The van der Waals surface area contributed by atoms with Crippen LogP contribution in [0.25, 0.3) is 0 Å². The summed E-state index contributed by atoms with van der Waals surface area (Å²) in [6.07, 6.45) is 7.23. The quantitative estimate of drug-likeness (QED) is 0.896. The van der Waals surface area contributed by atoms with Crippen molar-refractivity contribution in [2.24, 2.45) is 7.05 Å². The molecule has 1 aliphatic heterocycles. The summed E-state index contributed by atoms with van der Waals surface area (Å²) in [5.74, 6) is 0.977. The van der Waals surface area contributed by atoms with Gasteiger partial charge in [-0.15, -0.1) is 0 Å². The molecular formula is C18H26N6O. The second-order valence-electron chi connectivity index (χ2n) is 6.58. The maximum atomic E-state index is 12.2. The van der Waals surface area contributed by atoms with E-state index in [0.717, 1.165) is 30.2 Å². The first kappa shape index (κ1) is 17.3. The summed E-state index contributed by atoms with van der Waals surface area (Å²) >= 11 is 0. The van der Waals surface area contributed by atoms with Crippen LogP contribution in [0.3, 0.4) is 0 Å². The van der Waals surface area contributed by atoms with Crippen molar-refractivity contribution < 1.29 is 4.79 Å². The van der Waals surface area contributed by atoms with E-state index in [-0.39, 0.29) is 12.1 Å². The van der Waals surface area contributed by atoms with E-state index in [1.807, 2.05) is 33.0 Å². The highest BCUT2D eigenvalue weighted by Gasteiger charge is 2.15. The van der Waals surface area contributed by atoms with Crippen molar-refractivity contribution in [1.29, 1.82) is 0 Å². The van der Waals surface area contributed by atoms with Crippen molar-refractivity contribution in [1.82, 2.24) is 20.1 Å². The minimum Gasteiger partial charge on any atom is -0.357 e. The fourth-order valence-corrected chi connectivity index (χ4v) is 3.15. The van der Waals surface area contributed by atoms with Gasteiger partial charge in [0.05, 0.1) is 24.1 Å². The number of carbonyl (C=O) groups excluding carboxylic acids is 1. The van der Waals surface area contributed by atoms with E-state index >= 15 is 0 Å². The first-order chi connectivity index (χ1) is 12.0. The van der Waals surface area contributed by atoms with Crippen molar-refractivity contribution in [2.75, 3.05) is 23.3 Å². The van der Waals surface area contributed by atoms with Crippen LogP contribution >= 0.6 is 0 Å². The van der Waals surface area contributed by atoms with Crippen molar-refractivity contribution in [3.05, 3.63) is 35.8 Å². The van der Waals surface area contributed by atoms with Gasteiger partial charge in [-0.25, -0.2) is 9.78 Å². The van der Waals surface area contributed by atoms with Gasteiger partial charge in [-0.1, -0.05) is 0 Å². The number of nitrogens with one attached hydrogen (secondary N) is 2. The SMILES string of the molecule is Cc1c(C(C)NC(=O)Nc2ccc(N3CCCCC3)nc2)cnn1C. The lowest BCUT2D eigenvalue weighted by molar-refractivity contribution is 0.249. The molecule has 7 nitrogen and oxygen atoms in total. The third-order valence-electron chi connectivity index (χ3n) is 4.77. The van der Waals surface area contributed by atoms with Crippen LogP contribution in [0.1, 0.15) is 43.5 Å². The standard InChI is InChI=1S/C18H26N6O/c1-13(16-12-20-23(3)14(16)2)21-18(25)22-15-7-8-17(19-11-15)24-9-5-4-6-10-24/h7-8,11-13H,4-6,9-10H2,1-3H3,(H2,21,22,25). The molecule has 3 heterocycles. The molecule has 2 amide bonds. The molecule has 2 aromatic rings.